The van der Waals surface area contributed by atoms with Crippen molar-refractivity contribution in [3.8, 4) is 11.1 Å². The van der Waals surface area contributed by atoms with Crippen LogP contribution in [0.4, 0.5) is 5.82 Å². The van der Waals surface area contributed by atoms with E-state index in [0.29, 0.717) is 5.56 Å². The van der Waals surface area contributed by atoms with Gasteiger partial charge >= 0.3 is 5.97 Å². The molecule has 1 aromatic heterocycles. The van der Waals surface area contributed by atoms with Crippen molar-refractivity contribution >= 4 is 11.8 Å². The predicted molar refractivity (Wildman–Crippen MR) is 69.6 cm³/mol. The van der Waals surface area contributed by atoms with Gasteiger partial charge in [0.1, 0.15) is 0 Å². The van der Waals surface area contributed by atoms with E-state index in [9.17, 15) is 4.79 Å². The molecule has 2 aromatic rings. The molecule has 18 heavy (non-hydrogen) atoms. The summed E-state index contributed by atoms with van der Waals surface area (Å²) in [5.74, 6) is -0.851. The Balaban J connectivity index is 2.77. The van der Waals surface area contributed by atoms with Crippen molar-refractivity contribution < 1.29 is 9.90 Å². The van der Waals surface area contributed by atoms with Crippen LogP contribution >= 0.6 is 0 Å². The van der Waals surface area contributed by atoms with Crippen molar-refractivity contribution in [1.82, 2.24) is 10.2 Å². The fourth-order valence-corrected chi connectivity index (χ4v) is 2.34. The highest BCUT2D eigenvalue weighted by atomic mass is 16.4. The first kappa shape index (κ1) is 12.2. The third kappa shape index (κ3) is 1.84. The largest absolute Gasteiger partial charge is 0.477 e. The van der Waals surface area contributed by atoms with Crippen LogP contribution in [0, 0.1) is 20.8 Å². The number of carboxylic acid groups (broad SMARTS) is 1. The molecule has 4 N–H and O–H groups in total. The van der Waals surface area contributed by atoms with Crippen molar-refractivity contribution in [2.24, 2.45) is 0 Å². The van der Waals surface area contributed by atoms with Gasteiger partial charge < -0.3 is 10.8 Å². The van der Waals surface area contributed by atoms with Crippen LogP contribution in [0.3, 0.4) is 0 Å². The highest BCUT2D eigenvalue weighted by Gasteiger charge is 2.21. The highest BCUT2D eigenvalue weighted by molar-refractivity contribution is 5.98. The van der Waals surface area contributed by atoms with E-state index in [1.165, 1.54) is 0 Å². The predicted octanol–water partition coefficient (Wildman–Crippen LogP) is 2.28. The zero-order chi connectivity index (χ0) is 13.4. The van der Waals surface area contributed by atoms with Crippen molar-refractivity contribution in [2.45, 2.75) is 20.8 Å². The molecule has 0 bridgehead atoms. The molecule has 0 spiro atoms. The lowest BCUT2D eigenvalue weighted by atomic mass is 9.93. The molecule has 0 amide bonds. The summed E-state index contributed by atoms with van der Waals surface area (Å²) >= 11 is 0. The molecule has 0 atom stereocenters. The van der Waals surface area contributed by atoms with E-state index in [0.717, 1.165) is 22.3 Å². The van der Waals surface area contributed by atoms with Crippen LogP contribution < -0.4 is 5.73 Å². The first-order valence-corrected chi connectivity index (χ1v) is 5.57. The quantitative estimate of drug-likeness (QED) is 0.756. The molecule has 5 heteroatoms. The Morgan fingerprint density at radius 3 is 2.28 bits per heavy atom. The maximum absolute atomic E-state index is 11.2. The molecule has 1 aromatic carbocycles. The number of carbonyl (C=O) groups is 1. The number of anilines is 1. The van der Waals surface area contributed by atoms with Crippen molar-refractivity contribution in [3.05, 3.63) is 34.5 Å². The zero-order valence-electron chi connectivity index (χ0n) is 10.5. The molecule has 1 heterocycles. The number of aromatic nitrogens is 2. The van der Waals surface area contributed by atoms with E-state index < -0.39 is 5.97 Å². The second-order valence-corrected chi connectivity index (χ2v) is 4.44. The highest BCUT2D eigenvalue weighted by Crippen LogP contribution is 2.34. The number of carboxylic acids is 1. The van der Waals surface area contributed by atoms with E-state index in [4.69, 9.17) is 10.8 Å². The van der Waals surface area contributed by atoms with E-state index in [1.807, 2.05) is 32.9 Å². The molecule has 0 aliphatic rings. The Hall–Kier alpha value is -2.30. The standard InChI is InChI=1S/C13H15N3O2/c1-6-4-7(2)9(8(3)5-6)10-11(13(17)18)15-16-12(10)14/h4-5H,1-3H3,(H,17,18)(H3,14,15,16). The van der Waals surface area contributed by atoms with Crippen molar-refractivity contribution in [3.63, 3.8) is 0 Å². The first-order valence-electron chi connectivity index (χ1n) is 5.57. The number of aromatic carboxylic acids is 1. The lowest BCUT2D eigenvalue weighted by Crippen LogP contribution is -2.02. The second-order valence-electron chi connectivity index (χ2n) is 4.44. The fraction of sp³-hybridized carbons (Fsp3) is 0.231. The van der Waals surface area contributed by atoms with Gasteiger partial charge in [-0.3, -0.25) is 5.10 Å². The van der Waals surface area contributed by atoms with Gasteiger partial charge in [0.25, 0.3) is 0 Å². The molecule has 2 rings (SSSR count). The molecule has 0 fully saturated rings. The maximum atomic E-state index is 11.2. The summed E-state index contributed by atoms with van der Waals surface area (Å²) in [5, 5.41) is 15.4. The van der Waals surface area contributed by atoms with Gasteiger partial charge in [0.15, 0.2) is 11.5 Å². The zero-order valence-corrected chi connectivity index (χ0v) is 10.5. The van der Waals surface area contributed by atoms with E-state index >= 15 is 0 Å². The number of hydrogen-bond donors (Lipinski definition) is 3. The van der Waals surface area contributed by atoms with Crippen LogP contribution in [0.1, 0.15) is 27.2 Å². The lowest BCUT2D eigenvalue weighted by Gasteiger charge is -2.11. The van der Waals surface area contributed by atoms with Crippen LogP contribution in [0.15, 0.2) is 12.1 Å². The molecule has 0 aliphatic heterocycles. The molecule has 94 valence electrons. The Morgan fingerprint density at radius 2 is 1.78 bits per heavy atom. The summed E-state index contributed by atoms with van der Waals surface area (Å²) in [4.78, 5) is 11.2. The third-order valence-electron chi connectivity index (χ3n) is 2.94. The van der Waals surface area contributed by atoms with Crippen LogP contribution in [-0.4, -0.2) is 21.3 Å². The molecule has 0 saturated carbocycles. The number of nitrogens with two attached hydrogens (primary N) is 1. The first-order chi connectivity index (χ1) is 8.41. The minimum atomic E-state index is -1.06. The summed E-state index contributed by atoms with van der Waals surface area (Å²) in [6.07, 6.45) is 0. The van der Waals surface area contributed by atoms with Crippen LogP contribution in [0.25, 0.3) is 11.1 Å². The third-order valence-corrected chi connectivity index (χ3v) is 2.94. The van der Waals surface area contributed by atoms with Crippen LogP contribution in [0.5, 0.6) is 0 Å². The normalized spacial score (nSPS) is 10.6. The molecule has 0 saturated heterocycles. The SMILES string of the molecule is Cc1cc(C)c(-c2c(N)n[nH]c2C(=O)O)c(C)c1. The number of hydrogen-bond acceptors (Lipinski definition) is 3. The summed E-state index contributed by atoms with van der Waals surface area (Å²) in [5.41, 5.74) is 10.2. The molecule has 0 unspecified atom stereocenters. The number of aromatic amines is 1. The number of nitrogens with one attached hydrogen (secondary N) is 1. The average molecular weight is 245 g/mol. The Bertz CT molecular complexity index is 606. The molecule has 0 aliphatic carbocycles. The Morgan fingerprint density at radius 1 is 1.22 bits per heavy atom. The smallest absolute Gasteiger partial charge is 0.354 e. The summed E-state index contributed by atoms with van der Waals surface area (Å²) < 4.78 is 0. The Labute approximate surface area is 105 Å². The van der Waals surface area contributed by atoms with E-state index in [2.05, 4.69) is 10.2 Å². The van der Waals surface area contributed by atoms with Gasteiger partial charge in [0.05, 0.1) is 5.56 Å². The van der Waals surface area contributed by atoms with Gasteiger partial charge in [-0.25, -0.2) is 4.79 Å². The van der Waals surface area contributed by atoms with Gasteiger partial charge in [0, 0.05) is 0 Å². The summed E-state index contributed by atoms with van der Waals surface area (Å²) in [6.45, 7) is 5.88. The lowest BCUT2D eigenvalue weighted by molar-refractivity contribution is 0.0691. The number of nitrogens with zero attached hydrogens (tertiary/aromatic N) is 1. The minimum absolute atomic E-state index is 0.0301. The average Bonchev–Trinajstić information content (AvgIpc) is 2.59. The molecule has 5 nitrogen and oxygen atoms in total. The van der Waals surface area contributed by atoms with E-state index in [-0.39, 0.29) is 11.5 Å². The van der Waals surface area contributed by atoms with Crippen LogP contribution in [0.2, 0.25) is 0 Å². The van der Waals surface area contributed by atoms with Crippen LogP contribution in [-0.2, 0) is 0 Å². The van der Waals surface area contributed by atoms with Gasteiger partial charge in [-0.05, 0) is 37.5 Å². The van der Waals surface area contributed by atoms with Crippen molar-refractivity contribution in [1.29, 1.82) is 0 Å². The molecular weight excluding hydrogens is 230 g/mol. The number of rotatable bonds is 2. The van der Waals surface area contributed by atoms with Gasteiger partial charge in [-0.1, -0.05) is 17.7 Å². The number of nitrogen functional groups attached to an aromatic ring is 1. The summed E-state index contributed by atoms with van der Waals surface area (Å²) in [6, 6.07) is 4.00. The maximum Gasteiger partial charge on any atom is 0.354 e. The number of H-pyrrole nitrogens is 1. The van der Waals surface area contributed by atoms with Gasteiger partial charge in [-0.2, -0.15) is 5.10 Å². The number of aryl methyl sites for hydroxylation is 3. The van der Waals surface area contributed by atoms with Gasteiger partial charge in [-0.15, -0.1) is 0 Å². The van der Waals surface area contributed by atoms with E-state index in [1.54, 1.807) is 0 Å². The molecule has 0 radical (unpaired) electrons. The Kier molecular flexibility index (Phi) is 2.82. The topological polar surface area (TPSA) is 92.0 Å². The molecular formula is C13H15N3O2. The van der Waals surface area contributed by atoms with Crippen molar-refractivity contribution in [2.75, 3.05) is 5.73 Å². The fourth-order valence-electron chi connectivity index (χ4n) is 2.34. The minimum Gasteiger partial charge on any atom is -0.477 e. The second kappa shape index (κ2) is 4.18. The summed E-state index contributed by atoms with van der Waals surface area (Å²) in [7, 11) is 0. The van der Waals surface area contributed by atoms with Gasteiger partial charge in [0.2, 0.25) is 0 Å². The monoisotopic (exact) mass is 245 g/mol. The number of benzene rings is 1.